The summed E-state index contributed by atoms with van der Waals surface area (Å²) >= 11 is 6.09. The molecule has 2 rings (SSSR count). The molecular weight excluding hydrogens is 326 g/mol. The van der Waals surface area contributed by atoms with Crippen LogP contribution in [-0.2, 0) is 22.1 Å². The Labute approximate surface area is 135 Å². The van der Waals surface area contributed by atoms with E-state index in [0.29, 0.717) is 18.0 Å². The third-order valence-electron chi connectivity index (χ3n) is 3.34. The molecule has 0 aliphatic carbocycles. The predicted molar refractivity (Wildman–Crippen MR) is 84.1 cm³/mol. The largest absolute Gasteiger partial charge is 0.481 e. The van der Waals surface area contributed by atoms with Gasteiger partial charge in [0.15, 0.2) is 9.84 Å². The molecule has 0 aliphatic rings. The molecule has 6 nitrogen and oxygen atoms in total. The van der Waals surface area contributed by atoms with E-state index in [-0.39, 0.29) is 15.8 Å². The predicted octanol–water partition coefficient (Wildman–Crippen LogP) is 2.55. The van der Waals surface area contributed by atoms with Crippen molar-refractivity contribution in [3.63, 3.8) is 0 Å². The maximum absolute atomic E-state index is 12.6. The molecule has 0 radical (unpaired) electrons. The molecule has 0 spiro atoms. The second kappa shape index (κ2) is 6.26. The van der Waals surface area contributed by atoms with Crippen LogP contribution in [0, 0.1) is 13.8 Å². The first-order chi connectivity index (χ1) is 10.3. The first-order valence-corrected chi connectivity index (χ1v) is 8.78. The molecule has 0 saturated heterocycles. The van der Waals surface area contributed by atoms with Gasteiger partial charge in [-0.2, -0.15) is 5.10 Å². The third-order valence-corrected chi connectivity index (χ3v) is 5.49. The number of pyridine rings is 1. The average molecular weight is 344 g/mol. The van der Waals surface area contributed by atoms with Crippen molar-refractivity contribution < 1.29 is 13.2 Å². The van der Waals surface area contributed by atoms with E-state index in [1.54, 1.807) is 0 Å². The second-order valence-corrected chi connectivity index (χ2v) is 7.26. The van der Waals surface area contributed by atoms with Gasteiger partial charge in [0.05, 0.1) is 19.1 Å². The molecule has 0 saturated carbocycles. The minimum absolute atomic E-state index is 0.0260. The lowest BCUT2D eigenvalue weighted by molar-refractivity contribution is 0.392. The molecule has 2 aromatic heterocycles. The zero-order chi connectivity index (χ0) is 16.5. The quantitative estimate of drug-likeness (QED) is 0.834. The van der Waals surface area contributed by atoms with Crippen molar-refractivity contribution in [2.75, 3.05) is 7.11 Å². The molecule has 0 fully saturated rings. The summed E-state index contributed by atoms with van der Waals surface area (Å²) in [5, 5.41) is 4.10. The Morgan fingerprint density at radius 1 is 1.36 bits per heavy atom. The molecule has 0 atom stereocenters. The molecule has 0 aliphatic heterocycles. The van der Waals surface area contributed by atoms with Crippen molar-refractivity contribution in [3.8, 4) is 5.88 Å². The molecule has 0 bridgehead atoms. The van der Waals surface area contributed by atoms with E-state index in [1.165, 1.54) is 18.0 Å². The Morgan fingerprint density at radius 2 is 2.05 bits per heavy atom. The Morgan fingerprint density at radius 3 is 2.59 bits per heavy atom. The Balaban J connectivity index is 2.47. The lowest BCUT2D eigenvalue weighted by Crippen LogP contribution is -2.09. The number of aryl methyl sites for hydroxylation is 3. The molecule has 0 aromatic carbocycles. The standard InChI is InChI=1S/C14H18ClN3O3S/c1-5-18-13(15)12(7-16-18)22(19,20)8-11-9(2)6-10(3)17-14(11)21-4/h6-7H,5,8H2,1-4H3. The number of methoxy groups -OCH3 is 1. The number of nitrogens with zero attached hydrogens (tertiary/aromatic N) is 3. The van der Waals surface area contributed by atoms with Crippen LogP contribution in [0.4, 0.5) is 0 Å². The number of rotatable bonds is 5. The highest BCUT2D eigenvalue weighted by atomic mass is 35.5. The molecule has 0 N–H and O–H groups in total. The normalized spacial score (nSPS) is 11.7. The van der Waals surface area contributed by atoms with Gasteiger partial charge in [-0.3, -0.25) is 4.68 Å². The van der Waals surface area contributed by atoms with Crippen LogP contribution in [0.2, 0.25) is 5.15 Å². The SMILES string of the molecule is CCn1ncc(S(=O)(=O)Cc2c(C)cc(C)nc2OC)c1Cl. The third kappa shape index (κ3) is 3.10. The highest BCUT2D eigenvalue weighted by Crippen LogP contribution is 2.29. The van der Waals surface area contributed by atoms with Gasteiger partial charge in [0.25, 0.3) is 0 Å². The maximum atomic E-state index is 12.6. The Kier molecular flexibility index (Phi) is 4.77. The van der Waals surface area contributed by atoms with E-state index >= 15 is 0 Å². The summed E-state index contributed by atoms with van der Waals surface area (Å²) < 4.78 is 31.9. The van der Waals surface area contributed by atoms with E-state index in [4.69, 9.17) is 16.3 Å². The zero-order valence-electron chi connectivity index (χ0n) is 12.9. The van der Waals surface area contributed by atoms with Crippen LogP contribution in [0.1, 0.15) is 23.7 Å². The minimum atomic E-state index is -3.64. The first kappa shape index (κ1) is 16.8. The van der Waals surface area contributed by atoms with Crippen molar-refractivity contribution in [1.29, 1.82) is 0 Å². The summed E-state index contributed by atoms with van der Waals surface area (Å²) in [7, 11) is -2.16. The number of hydrogen-bond acceptors (Lipinski definition) is 5. The number of halogens is 1. The van der Waals surface area contributed by atoms with Crippen LogP contribution in [-0.4, -0.2) is 30.3 Å². The van der Waals surface area contributed by atoms with Gasteiger partial charge >= 0.3 is 0 Å². The molecule has 8 heteroatoms. The van der Waals surface area contributed by atoms with Gasteiger partial charge < -0.3 is 4.74 Å². The summed E-state index contributed by atoms with van der Waals surface area (Å²) in [5.74, 6) is 0.0878. The van der Waals surface area contributed by atoms with Crippen molar-refractivity contribution in [3.05, 3.63) is 34.2 Å². The molecule has 2 heterocycles. The number of hydrogen-bond donors (Lipinski definition) is 0. The smallest absolute Gasteiger partial charge is 0.217 e. The Bertz CT molecular complexity index is 800. The lowest BCUT2D eigenvalue weighted by atomic mass is 10.1. The van der Waals surface area contributed by atoms with E-state index in [9.17, 15) is 8.42 Å². The van der Waals surface area contributed by atoms with Crippen molar-refractivity contribution >= 4 is 21.4 Å². The fourth-order valence-corrected chi connectivity index (χ4v) is 4.24. The second-order valence-electron chi connectivity index (χ2n) is 4.94. The van der Waals surface area contributed by atoms with Crippen molar-refractivity contribution in [1.82, 2.24) is 14.8 Å². The molecule has 0 amide bonds. The molecule has 0 unspecified atom stereocenters. The number of aromatic nitrogens is 3. The van der Waals surface area contributed by atoms with Gasteiger partial charge in [-0.1, -0.05) is 11.6 Å². The van der Waals surface area contributed by atoms with Crippen LogP contribution < -0.4 is 4.74 Å². The van der Waals surface area contributed by atoms with Crippen LogP contribution in [0.3, 0.4) is 0 Å². The van der Waals surface area contributed by atoms with Crippen molar-refractivity contribution in [2.45, 2.75) is 38.0 Å². The van der Waals surface area contributed by atoms with Crippen LogP contribution in [0.15, 0.2) is 17.2 Å². The Hall–Kier alpha value is -1.60. The number of ether oxygens (including phenoxy) is 1. The zero-order valence-corrected chi connectivity index (χ0v) is 14.5. The van der Waals surface area contributed by atoms with Crippen molar-refractivity contribution in [2.24, 2.45) is 0 Å². The molecule has 22 heavy (non-hydrogen) atoms. The van der Waals surface area contributed by atoms with Gasteiger partial charge in [-0.15, -0.1) is 0 Å². The van der Waals surface area contributed by atoms with E-state index in [1.807, 2.05) is 26.8 Å². The summed E-state index contributed by atoms with van der Waals surface area (Å²) in [6.45, 7) is 6.00. The average Bonchev–Trinajstić information content (AvgIpc) is 2.83. The van der Waals surface area contributed by atoms with Crippen LogP contribution in [0.25, 0.3) is 0 Å². The highest BCUT2D eigenvalue weighted by molar-refractivity contribution is 7.90. The summed E-state index contributed by atoms with van der Waals surface area (Å²) in [5.41, 5.74) is 2.12. The van der Waals surface area contributed by atoms with E-state index < -0.39 is 9.84 Å². The summed E-state index contributed by atoms with van der Waals surface area (Å²) in [6.07, 6.45) is 1.28. The summed E-state index contributed by atoms with van der Waals surface area (Å²) in [4.78, 5) is 4.26. The van der Waals surface area contributed by atoms with Gasteiger partial charge in [0.2, 0.25) is 5.88 Å². The van der Waals surface area contributed by atoms with Gasteiger partial charge in [-0.05, 0) is 32.4 Å². The molecular formula is C14H18ClN3O3S. The minimum Gasteiger partial charge on any atom is -0.481 e. The lowest BCUT2D eigenvalue weighted by Gasteiger charge is -2.12. The van der Waals surface area contributed by atoms with E-state index in [0.717, 1.165) is 11.3 Å². The molecule has 120 valence electrons. The monoisotopic (exact) mass is 343 g/mol. The fraction of sp³-hybridized carbons (Fsp3) is 0.429. The number of sulfone groups is 1. The van der Waals surface area contributed by atoms with Gasteiger partial charge in [-0.25, -0.2) is 13.4 Å². The molecule has 2 aromatic rings. The topological polar surface area (TPSA) is 74.1 Å². The summed E-state index contributed by atoms with van der Waals surface area (Å²) in [6, 6.07) is 1.82. The van der Waals surface area contributed by atoms with E-state index in [2.05, 4.69) is 10.1 Å². The van der Waals surface area contributed by atoms with Gasteiger partial charge in [0, 0.05) is 17.8 Å². The maximum Gasteiger partial charge on any atom is 0.217 e. The van der Waals surface area contributed by atoms with Gasteiger partial charge in [0.1, 0.15) is 10.0 Å². The highest BCUT2D eigenvalue weighted by Gasteiger charge is 2.25. The fourth-order valence-electron chi connectivity index (χ4n) is 2.22. The van der Waals surface area contributed by atoms with Crippen LogP contribution in [0.5, 0.6) is 5.88 Å². The first-order valence-electron chi connectivity index (χ1n) is 6.75. The van der Waals surface area contributed by atoms with Crippen LogP contribution >= 0.6 is 11.6 Å².